The summed E-state index contributed by atoms with van der Waals surface area (Å²) >= 11 is 5.86. The number of nitrogens with zero attached hydrogens (tertiary/aromatic N) is 1. The van der Waals surface area contributed by atoms with Crippen LogP contribution in [0.15, 0.2) is 24.3 Å². The van der Waals surface area contributed by atoms with E-state index in [-0.39, 0.29) is 12.0 Å². The Hall–Kier alpha value is -1.26. The van der Waals surface area contributed by atoms with Gasteiger partial charge in [-0.05, 0) is 31.0 Å². The Bertz CT molecular complexity index is 432. The highest BCUT2D eigenvalue weighted by molar-refractivity contribution is 6.30. The first-order valence-electron chi connectivity index (χ1n) is 6.42. The Morgan fingerprint density at radius 2 is 2.42 bits per heavy atom. The normalized spacial score (nSPS) is 18.3. The van der Waals surface area contributed by atoms with Crippen molar-refractivity contribution in [3.63, 3.8) is 0 Å². The third-order valence-electron chi connectivity index (χ3n) is 3.07. The lowest BCUT2D eigenvalue weighted by molar-refractivity contribution is -0.139. The van der Waals surface area contributed by atoms with Gasteiger partial charge in [0.05, 0.1) is 6.54 Å². The van der Waals surface area contributed by atoms with Crippen molar-refractivity contribution in [3.05, 3.63) is 29.3 Å². The van der Waals surface area contributed by atoms with E-state index in [2.05, 4.69) is 0 Å². The summed E-state index contributed by atoms with van der Waals surface area (Å²) in [5.41, 5.74) is 0. The predicted molar refractivity (Wildman–Crippen MR) is 73.6 cm³/mol. The average molecular weight is 284 g/mol. The molecule has 19 heavy (non-hydrogen) atoms. The molecule has 0 saturated carbocycles. The zero-order valence-electron chi connectivity index (χ0n) is 11.0. The van der Waals surface area contributed by atoms with Gasteiger partial charge in [-0.2, -0.15) is 0 Å². The summed E-state index contributed by atoms with van der Waals surface area (Å²) in [6.07, 6.45) is 1.51. The van der Waals surface area contributed by atoms with Crippen LogP contribution >= 0.6 is 11.6 Å². The van der Waals surface area contributed by atoms with Crippen molar-refractivity contribution in [1.29, 1.82) is 0 Å². The minimum Gasteiger partial charge on any atom is -0.492 e. The fraction of sp³-hybridized carbons (Fsp3) is 0.500. The van der Waals surface area contributed by atoms with Gasteiger partial charge in [0.2, 0.25) is 0 Å². The molecule has 1 aliphatic heterocycles. The summed E-state index contributed by atoms with van der Waals surface area (Å²) in [6, 6.07) is 7.22. The number of likely N-dealkylation sites (N-methyl/N-ethyl adjacent to an activating group) is 1. The molecular formula is C14H18ClNO3. The molecule has 5 heteroatoms. The molecular weight excluding hydrogens is 266 g/mol. The maximum absolute atomic E-state index is 12.0. The second kappa shape index (κ2) is 6.78. The van der Waals surface area contributed by atoms with Gasteiger partial charge in [0, 0.05) is 18.7 Å². The quantitative estimate of drug-likeness (QED) is 0.833. The Kier molecular flexibility index (Phi) is 5.05. The molecule has 1 amide bonds. The largest absolute Gasteiger partial charge is 0.492 e. The van der Waals surface area contributed by atoms with Gasteiger partial charge in [-0.25, -0.2) is 0 Å². The highest BCUT2D eigenvalue weighted by Crippen LogP contribution is 2.17. The van der Waals surface area contributed by atoms with Gasteiger partial charge in [-0.1, -0.05) is 17.7 Å². The SMILES string of the molecule is CN(CCOc1cccc(Cl)c1)C(=O)C1CCCO1. The molecule has 0 radical (unpaired) electrons. The van der Waals surface area contributed by atoms with E-state index in [1.54, 1.807) is 24.1 Å². The van der Waals surface area contributed by atoms with Crippen LogP contribution in [0.25, 0.3) is 0 Å². The van der Waals surface area contributed by atoms with Crippen molar-refractivity contribution >= 4 is 17.5 Å². The average Bonchev–Trinajstić information content (AvgIpc) is 2.91. The molecule has 0 aromatic heterocycles. The second-order valence-corrected chi connectivity index (χ2v) is 5.00. The number of carbonyl (C=O) groups is 1. The number of carbonyl (C=O) groups excluding carboxylic acids is 1. The third kappa shape index (κ3) is 4.11. The topological polar surface area (TPSA) is 38.8 Å². The molecule has 0 N–H and O–H groups in total. The van der Waals surface area contributed by atoms with Crippen LogP contribution in [0.5, 0.6) is 5.75 Å². The highest BCUT2D eigenvalue weighted by atomic mass is 35.5. The van der Waals surface area contributed by atoms with Crippen molar-refractivity contribution in [3.8, 4) is 5.75 Å². The van der Waals surface area contributed by atoms with Crippen molar-refractivity contribution < 1.29 is 14.3 Å². The summed E-state index contributed by atoms with van der Waals surface area (Å²) in [5.74, 6) is 0.748. The molecule has 4 nitrogen and oxygen atoms in total. The Labute approximate surface area is 118 Å². The summed E-state index contributed by atoms with van der Waals surface area (Å²) in [7, 11) is 1.77. The summed E-state index contributed by atoms with van der Waals surface area (Å²) in [6.45, 7) is 1.66. The molecule has 1 fully saturated rings. The summed E-state index contributed by atoms with van der Waals surface area (Å²) in [4.78, 5) is 13.6. The lowest BCUT2D eigenvalue weighted by Crippen LogP contribution is -2.38. The number of halogens is 1. The molecule has 0 bridgehead atoms. The van der Waals surface area contributed by atoms with Crippen LogP contribution in [0.4, 0.5) is 0 Å². The molecule has 1 atom stereocenters. The Balaban J connectivity index is 1.74. The summed E-state index contributed by atoms with van der Waals surface area (Å²) < 4.78 is 10.9. The monoisotopic (exact) mass is 283 g/mol. The smallest absolute Gasteiger partial charge is 0.251 e. The van der Waals surface area contributed by atoms with Gasteiger partial charge >= 0.3 is 0 Å². The molecule has 1 unspecified atom stereocenters. The molecule has 0 spiro atoms. The molecule has 0 aliphatic carbocycles. The van der Waals surface area contributed by atoms with E-state index in [1.165, 1.54) is 0 Å². The molecule has 1 aromatic carbocycles. The van der Waals surface area contributed by atoms with Crippen LogP contribution in [-0.2, 0) is 9.53 Å². The van der Waals surface area contributed by atoms with Gasteiger partial charge in [0.25, 0.3) is 5.91 Å². The zero-order chi connectivity index (χ0) is 13.7. The number of rotatable bonds is 5. The van der Waals surface area contributed by atoms with Crippen LogP contribution in [0.1, 0.15) is 12.8 Å². The second-order valence-electron chi connectivity index (χ2n) is 4.57. The van der Waals surface area contributed by atoms with E-state index in [0.29, 0.717) is 30.5 Å². The van der Waals surface area contributed by atoms with Crippen molar-refractivity contribution in [1.82, 2.24) is 4.90 Å². The Morgan fingerprint density at radius 1 is 1.58 bits per heavy atom. The highest BCUT2D eigenvalue weighted by Gasteiger charge is 2.26. The van der Waals surface area contributed by atoms with Crippen LogP contribution in [-0.4, -0.2) is 43.7 Å². The van der Waals surface area contributed by atoms with E-state index >= 15 is 0 Å². The third-order valence-corrected chi connectivity index (χ3v) is 3.31. The minimum absolute atomic E-state index is 0.0344. The first kappa shape index (κ1) is 14.2. The number of hydrogen-bond donors (Lipinski definition) is 0. The van der Waals surface area contributed by atoms with Gasteiger partial charge < -0.3 is 14.4 Å². The fourth-order valence-corrected chi connectivity index (χ4v) is 2.17. The van der Waals surface area contributed by atoms with E-state index < -0.39 is 0 Å². The molecule has 1 aromatic rings. The lowest BCUT2D eigenvalue weighted by atomic mass is 10.2. The number of benzene rings is 1. The zero-order valence-corrected chi connectivity index (χ0v) is 11.7. The molecule has 104 valence electrons. The summed E-state index contributed by atoms with van der Waals surface area (Å²) in [5, 5.41) is 0.640. The van der Waals surface area contributed by atoms with Crippen molar-refractivity contribution in [2.24, 2.45) is 0 Å². The number of ether oxygens (including phenoxy) is 2. The maximum Gasteiger partial charge on any atom is 0.251 e. The number of hydrogen-bond acceptors (Lipinski definition) is 3. The standard InChI is InChI=1S/C14H18ClNO3/c1-16(14(17)13-6-3-8-19-13)7-9-18-12-5-2-4-11(15)10-12/h2,4-5,10,13H,3,6-9H2,1H3. The predicted octanol–water partition coefficient (Wildman–Crippen LogP) is 2.36. The van der Waals surface area contributed by atoms with Crippen molar-refractivity contribution in [2.75, 3.05) is 26.8 Å². The first-order chi connectivity index (χ1) is 9.16. The van der Waals surface area contributed by atoms with Gasteiger partial charge in [-0.15, -0.1) is 0 Å². The van der Waals surface area contributed by atoms with Crippen molar-refractivity contribution in [2.45, 2.75) is 18.9 Å². The minimum atomic E-state index is -0.267. The van der Waals surface area contributed by atoms with E-state index in [0.717, 1.165) is 12.8 Å². The van der Waals surface area contributed by atoms with Gasteiger partial charge in [0.1, 0.15) is 18.5 Å². The Morgan fingerprint density at radius 3 is 3.11 bits per heavy atom. The first-order valence-corrected chi connectivity index (χ1v) is 6.79. The van der Waals surface area contributed by atoms with E-state index in [4.69, 9.17) is 21.1 Å². The molecule has 1 heterocycles. The van der Waals surface area contributed by atoms with Crippen LogP contribution < -0.4 is 4.74 Å². The van der Waals surface area contributed by atoms with Crippen LogP contribution in [0.3, 0.4) is 0 Å². The van der Waals surface area contributed by atoms with Gasteiger partial charge in [0.15, 0.2) is 0 Å². The molecule has 1 saturated heterocycles. The van der Waals surface area contributed by atoms with Crippen LogP contribution in [0, 0.1) is 0 Å². The molecule has 1 aliphatic rings. The number of amides is 1. The van der Waals surface area contributed by atoms with E-state index in [1.807, 2.05) is 12.1 Å². The van der Waals surface area contributed by atoms with Gasteiger partial charge in [-0.3, -0.25) is 4.79 Å². The molecule has 2 rings (SSSR count). The van der Waals surface area contributed by atoms with Crippen LogP contribution in [0.2, 0.25) is 5.02 Å². The lowest BCUT2D eigenvalue weighted by Gasteiger charge is -2.20. The fourth-order valence-electron chi connectivity index (χ4n) is 1.99. The maximum atomic E-state index is 12.0. The van der Waals surface area contributed by atoms with E-state index in [9.17, 15) is 4.79 Å².